The molecule has 2 aromatic carbocycles. The summed E-state index contributed by atoms with van der Waals surface area (Å²) >= 11 is 3.17. The number of hydrogen-bond donors (Lipinski definition) is 3. The minimum Gasteiger partial charge on any atom is -0.354 e. The van der Waals surface area contributed by atoms with Gasteiger partial charge in [0, 0.05) is 30.5 Å². The molecular weight excluding hydrogens is 448 g/mol. The minimum atomic E-state index is -0.530. The van der Waals surface area contributed by atoms with Crippen molar-refractivity contribution in [1.29, 1.82) is 0 Å². The second-order valence-electron chi connectivity index (χ2n) is 6.13. The van der Waals surface area contributed by atoms with Crippen molar-refractivity contribution in [3.05, 3.63) is 69.7 Å². The second-order valence-corrected chi connectivity index (χ2v) is 6.99. The zero-order chi connectivity index (χ0) is 21.2. The maximum absolute atomic E-state index is 13.2. The van der Waals surface area contributed by atoms with Gasteiger partial charge in [0.05, 0.1) is 12.0 Å². The van der Waals surface area contributed by atoms with E-state index in [1.165, 1.54) is 36.4 Å². The van der Waals surface area contributed by atoms with Gasteiger partial charge in [-0.3, -0.25) is 14.4 Å². The van der Waals surface area contributed by atoms with Crippen molar-refractivity contribution < 1.29 is 23.2 Å². The van der Waals surface area contributed by atoms with Crippen LogP contribution in [0.3, 0.4) is 0 Å². The Balaban J connectivity index is 1.60. The van der Waals surface area contributed by atoms with Gasteiger partial charge in [-0.25, -0.2) is 8.78 Å². The lowest BCUT2D eigenvalue weighted by molar-refractivity contribution is -0.122. The van der Waals surface area contributed by atoms with Crippen LogP contribution in [0.25, 0.3) is 0 Å². The van der Waals surface area contributed by atoms with E-state index in [-0.39, 0.29) is 55.7 Å². The Kier molecular flexibility index (Phi) is 8.72. The molecule has 0 heterocycles. The van der Waals surface area contributed by atoms with Gasteiger partial charge in [-0.1, -0.05) is 12.1 Å². The largest absolute Gasteiger partial charge is 0.354 e. The van der Waals surface area contributed by atoms with Gasteiger partial charge in [0.2, 0.25) is 11.8 Å². The number of rotatable bonds is 9. The summed E-state index contributed by atoms with van der Waals surface area (Å²) in [4.78, 5) is 35.5. The first kappa shape index (κ1) is 22.5. The van der Waals surface area contributed by atoms with E-state index in [1.54, 1.807) is 0 Å². The molecule has 9 heteroatoms. The SMILES string of the molecule is O=C(CCNC(=O)c1cc(F)ccc1Br)NCCNC(=O)Cc1ccc(F)cc1. The Hall–Kier alpha value is -2.81. The van der Waals surface area contributed by atoms with Gasteiger partial charge in [-0.05, 0) is 51.8 Å². The van der Waals surface area contributed by atoms with E-state index in [4.69, 9.17) is 0 Å². The third-order valence-corrected chi connectivity index (χ3v) is 4.55. The highest BCUT2D eigenvalue weighted by Crippen LogP contribution is 2.17. The highest BCUT2D eigenvalue weighted by Gasteiger charge is 2.11. The average Bonchev–Trinajstić information content (AvgIpc) is 2.69. The van der Waals surface area contributed by atoms with E-state index in [0.29, 0.717) is 10.0 Å². The molecule has 0 aliphatic heterocycles. The molecule has 0 saturated heterocycles. The molecule has 3 amide bonds. The lowest BCUT2D eigenvalue weighted by atomic mass is 10.1. The number of benzene rings is 2. The van der Waals surface area contributed by atoms with Crippen LogP contribution in [0, 0.1) is 11.6 Å². The summed E-state index contributed by atoms with van der Waals surface area (Å²) in [6.07, 6.45) is 0.165. The number of hydrogen-bond acceptors (Lipinski definition) is 3. The number of carbonyl (C=O) groups is 3. The molecular formula is C20H20BrF2N3O3. The van der Waals surface area contributed by atoms with Crippen molar-refractivity contribution in [3.63, 3.8) is 0 Å². The lowest BCUT2D eigenvalue weighted by Crippen LogP contribution is -2.36. The van der Waals surface area contributed by atoms with Crippen LogP contribution >= 0.6 is 15.9 Å². The minimum absolute atomic E-state index is 0.0438. The molecule has 0 unspecified atom stereocenters. The number of halogens is 3. The van der Waals surface area contributed by atoms with Crippen molar-refractivity contribution in [1.82, 2.24) is 16.0 Å². The zero-order valence-corrected chi connectivity index (χ0v) is 17.0. The van der Waals surface area contributed by atoms with Gasteiger partial charge < -0.3 is 16.0 Å². The monoisotopic (exact) mass is 467 g/mol. The molecule has 0 saturated carbocycles. The average molecular weight is 468 g/mol. The Bertz CT molecular complexity index is 876. The van der Waals surface area contributed by atoms with Crippen LogP contribution in [0.4, 0.5) is 8.78 Å². The van der Waals surface area contributed by atoms with E-state index in [2.05, 4.69) is 31.9 Å². The van der Waals surface area contributed by atoms with Gasteiger partial charge in [-0.2, -0.15) is 0 Å². The zero-order valence-electron chi connectivity index (χ0n) is 15.4. The first-order chi connectivity index (χ1) is 13.8. The van der Waals surface area contributed by atoms with E-state index < -0.39 is 11.7 Å². The molecule has 154 valence electrons. The third kappa shape index (κ3) is 7.98. The fourth-order valence-electron chi connectivity index (χ4n) is 2.40. The third-order valence-electron chi connectivity index (χ3n) is 3.86. The van der Waals surface area contributed by atoms with Crippen LogP contribution in [0.5, 0.6) is 0 Å². The van der Waals surface area contributed by atoms with Crippen molar-refractivity contribution in [2.75, 3.05) is 19.6 Å². The topological polar surface area (TPSA) is 87.3 Å². The molecule has 29 heavy (non-hydrogen) atoms. The van der Waals surface area contributed by atoms with Crippen LogP contribution in [0.15, 0.2) is 46.9 Å². The van der Waals surface area contributed by atoms with Crippen LogP contribution in [-0.2, 0) is 16.0 Å². The summed E-state index contributed by atoms with van der Waals surface area (Å²) in [5.41, 5.74) is 0.836. The molecule has 0 fully saturated rings. The normalized spacial score (nSPS) is 10.3. The molecule has 0 spiro atoms. The summed E-state index contributed by atoms with van der Waals surface area (Å²) in [5, 5.41) is 7.82. The van der Waals surface area contributed by atoms with Gasteiger partial charge in [-0.15, -0.1) is 0 Å². The standard InChI is InChI=1S/C20H20BrF2N3O3/c21-17-6-5-15(23)12-16(17)20(29)26-8-7-18(27)24-9-10-25-19(28)11-13-1-3-14(22)4-2-13/h1-6,12H,7-11H2,(H,24,27)(H,25,28)(H,26,29). The summed E-state index contributed by atoms with van der Waals surface area (Å²) in [6.45, 7) is 0.566. The molecule has 0 atom stereocenters. The molecule has 0 aliphatic rings. The molecule has 0 aromatic heterocycles. The Morgan fingerprint density at radius 1 is 0.793 bits per heavy atom. The summed E-state index contributed by atoms with van der Waals surface area (Å²) in [7, 11) is 0. The van der Waals surface area contributed by atoms with Crippen molar-refractivity contribution in [2.45, 2.75) is 12.8 Å². The molecule has 2 aromatic rings. The van der Waals surface area contributed by atoms with Gasteiger partial charge >= 0.3 is 0 Å². The predicted molar refractivity (Wildman–Crippen MR) is 107 cm³/mol. The van der Waals surface area contributed by atoms with E-state index >= 15 is 0 Å². The first-order valence-electron chi connectivity index (χ1n) is 8.86. The Labute approximate surface area is 175 Å². The first-order valence-corrected chi connectivity index (χ1v) is 9.65. The Morgan fingerprint density at radius 3 is 2.10 bits per heavy atom. The van der Waals surface area contributed by atoms with E-state index in [9.17, 15) is 23.2 Å². The Morgan fingerprint density at radius 2 is 1.41 bits per heavy atom. The quantitative estimate of drug-likeness (QED) is 0.494. The molecule has 0 radical (unpaired) electrons. The summed E-state index contributed by atoms with van der Waals surface area (Å²) in [5.74, 6) is -1.92. The van der Waals surface area contributed by atoms with Gasteiger partial charge in [0.1, 0.15) is 11.6 Å². The van der Waals surface area contributed by atoms with Gasteiger partial charge in [0.25, 0.3) is 5.91 Å². The summed E-state index contributed by atoms with van der Waals surface area (Å²) in [6, 6.07) is 9.41. The lowest BCUT2D eigenvalue weighted by Gasteiger charge is -2.09. The highest BCUT2D eigenvalue weighted by atomic mass is 79.9. The molecule has 2 rings (SSSR count). The second kappa shape index (κ2) is 11.3. The maximum atomic E-state index is 13.2. The molecule has 0 aliphatic carbocycles. The van der Waals surface area contributed by atoms with Crippen molar-refractivity contribution in [3.8, 4) is 0 Å². The maximum Gasteiger partial charge on any atom is 0.252 e. The van der Waals surface area contributed by atoms with Crippen LogP contribution in [0.2, 0.25) is 0 Å². The van der Waals surface area contributed by atoms with Crippen LogP contribution < -0.4 is 16.0 Å². The number of carbonyl (C=O) groups excluding carboxylic acids is 3. The fourth-order valence-corrected chi connectivity index (χ4v) is 2.83. The molecule has 3 N–H and O–H groups in total. The van der Waals surface area contributed by atoms with E-state index in [1.807, 2.05) is 0 Å². The molecule has 0 bridgehead atoms. The number of amides is 3. The molecule has 6 nitrogen and oxygen atoms in total. The van der Waals surface area contributed by atoms with Gasteiger partial charge in [0.15, 0.2) is 0 Å². The van der Waals surface area contributed by atoms with E-state index in [0.717, 1.165) is 6.07 Å². The smallest absolute Gasteiger partial charge is 0.252 e. The number of nitrogens with one attached hydrogen (secondary N) is 3. The van der Waals surface area contributed by atoms with Crippen LogP contribution in [-0.4, -0.2) is 37.4 Å². The highest BCUT2D eigenvalue weighted by molar-refractivity contribution is 9.10. The van der Waals surface area contributed by atoms with Crippen molar-refractivity contribution >= 4 is 33.7 Å². The summed E-state index contributed by atoms with van der Waals surface area (Å²) < 4.78 is 26.5. The van der Waals surface area contributed by atoms with Crippen LogP contribution in [0.1, 0.15) is 22.3 Å². The predicted octanol–water partition coefficient (Wildman–Crippen LogP) is 2.32. The van der Waals surface area contributed by atoms with Crippen molar-refractivity contribution in [2.24, 2.45) is 0 Å². The fraction of sp³-hybridized carbons (Fsp3) is 0.250.